The van der Waals surface area contributed by atoms with Crippen LogP contribution < -0.4 is 0 Å². The highest BCUT2D eigenvalue weighted by molar-refractivity contribution is 5.30. The van der Waals surface area contributed by atoms with E-state index in [1.807, 2.05) is 0 Å². The van der Waals surface area contributed by atoms with E-state index in [1.165, 1.54) is 16.7 Å². The van der Waals surface area contributed by atoms with Gasteiger partial charge >= 0.3 is 0 Å². The molecule has 0 aliphatic heterocycles. The van der Waals surface area contributed by atoms with Gasteiger partial charge in [-0.15, -0.1) is 0 Å². The topological polar surface area (TPSA) is 0 Å². The summed E-state index contributed by atoms with van der Waals surface area (Å²) in [7, 11) is 0. The third-order valence-corrected chi connectivity index (χ3v) is 2.25. The van der Waals surface area contributed by atoms with Crippen molar-refractivity contribution >= 4 is 0 Å². The first-order valence-corrected chi connectivity index (χ1v) is 4.70. The molecule has 0 heteroatoms. The van der Waals surface area contributed by atoms with Crippen LogP contribution in [0.25, 0.3) is 0 Å². The van der Waals surface area contributed by atoms with E-state index in [-0.39, 0.29) is 0 Å². The number of hydrogen-bond donors (Lipinski definition) is 0. The van der Waals surface area contributed by atoms with Crippen LogP contribution in [0.5, 0.6) is 0 Å². The molecule has 0 N–H and O–H groups in total. The molecule has 67 valence electrons. The molecule has 0 spiro atoms. The molecular weight excluding hydrogens is 156 g/mol. The standard InChI is InChI=1S/C13H15/c1-4-5-6-7-13-10-11(2)8-9-12(13)3/h8-10H,5-7H2,2-3H3. The lowest BCUT2D eigenvalue weighted by Crippen LogP contribution is -1.90. The Kier molecular flexibility index (Phi) is 3.58. The zero-order valence-electron chi connectivity index (χ0n) is 8.35. The van der Waals surface area contributed by atoms with Crippen molar-refractivity contribution in [1.82, 2.24) is 0 Å². The molecule has 0 heterocycles. The third kappa shape index (κ3) is 2.95. The summed E-state index contributed by atoms with van der Waals surface area (Å²) < 4.78 is 0. The van der Waals surface area contributed by atoms with Crippen LogP contribution in [0, 0.1) is 26.2 Å². The van der Waals surface area contributed by atoms with Crippen LogP contribution in [-0.2, 0) is 6.42 Å². The summed E-state index contributed by atoms with van der Waals surface area (Å²) in [5, 5.41) is 0. The van der Waals surface area contributed by atoms with Gasteiger partial charge in [0.05, 0.1) is 0 Å². The van der Waals surface area contributed by atoms with Crippen molar-refractivity contribution in [3.63, 3.8) is 0 Å². The Morgan fingerprint density at radius 3 is 2.77 bits per heavy atom. The highest BCUT2D eigenvalue weighted by Crippen LogP contribution is 2.13. The number of benzene rings is 1. The van der Waals surface area contributed by atoms with Gasteiger partial charge in [0.2, 0.25) is 0 Å². The van der Waals surface area contributed by atoms with E-state index in [2.05, 4.69) is 38.0 Å². The van der Waals surface area contributed by atoms with Crippen molar-refractivity contribution in [1.29, 1.82) is 0 Å². The molecule has 0 aliphatic rings. The Balaban J connectivity index is 2.65. The SMILES string of the molecule is [C]#CCCCc1cc(C)ccc1C. The van der Waals surface area contributed by atoms with E-state index in [4.69, 9.17) is 6.42 Å². The average molecular weight is 171 g/mol. The molecule has 0 bridgehead atoms. The molecule has 0 saturated heterocycles. The van der Waals surface area contributed by atoms with Crippen molar-refractivity contribution in [2.75, 3.05) is 0 Å². The van der Waals surface area contributed by atoms with E-state index >= 15 is 0 Å². The second-order valence-corrected chi connectivity index (χ2v) is 3.46. The second kappa shape index (κ2) is 4.72. The highest BCUT2D eigenvalue weighted by Gasteiger charge is 1.97. The molecule has 0 atom stereocenters. The quantitative estimate of drug-likeness (QED) is 0.484. The van der Waals surface area contributed by atoms with Gasteiger partial charge in [0.15, 0.2) is 0 Å². The minimum Gasteiger partial charge on any atom is -0.0891 e. The van der Waals surface area contributed by atoms with Crippen LogP contribution in [0.15, 0.2) is 18.2 Å². The smallest absolute Gasteiger partial charge is 0.0102 e. The zero-order valence-corrected chi connectivity index (χ0v) is 8.35. The highest BCUT2D eigenvalue weighted by atomic mass is 14.0. The van der Waals surface area contributed by atoms with Crippen molar-refractivity contribution in [3.05, 3.63) is 41.3 Å². The maximum Gasteiger partial charge on any atom is 0.0102 e. The third-order valence-electron chi connectivity index (χ3n) is 2.25. The van der Waals surface area contributed by atoms with E-state index in [9.17, 15) is 0 Å². The van der Waals surface area contributed by atoms with Crippen LogP contribution in [0.2, 0.25) is 0 Å². The average Bonchev–Trinajstić information content (AvgIpc) is 2.11. The van der Waals surface area contributed by atoms with Gasteiger partial charge in [-0.25, -0.2) is 0 Å². The molecule has 0 aromatic heterocycles. The molecule has 0 nitrogen and oxygen atoms in total. The Labute approximate surface area is 81.0 Å². The molecule has 1 aromatic carbocycles. The Hall–Kier alpha value is -1.22. The first-order valence-electron chi connectivity index (χ1n) is 4.70. The number of hydrogen-bond acceptors (Lipinski definition) is 0. The minimum absolute atomic E-state index is 0.771. The van der Waals surface area contributed by atoms with Gasteiger partial charge in [0, 0.05) is 6.42 Å². The van der Waals surface area contributed by atoms with Crippen LogP contribution in [-0.4, -0.2) is 0 Å². The van der Waals surface area contributed by atoms with E-state index < -0.39 is 0 Å². The fourth-order valence-corrected chi connectivity index (χ4v) is 1.44. The lowest BCUT2D eigenvalue weighted by molar-refractivity contribution is 0.850. The summed E-state index contributed by atoms with van der Waals surface area (Å²) >= 11 is 0. The zero-order chi connectivity index (χ0) is 9.68. The Morgan fingerprint density at radius 2 is 2.08 bits per heavy atom. The van der Waals surface area contributed by atoms with Gasteiger partial charge in [-0.1, -0.05) is 29.7 Å². The van der Waals surface area contributed by atoms with Gasteiger partial charge in [-0.05, 0) is 44.2 Å². The summed E-state index contributed by atoms with van der Waals surface area (Å²) in [6.45, 7) is 4.26. The number of rotatable bonds is 3. The number of unbranched alkanes of at least 4 members (excludes halogenated alkanes) is 1. The van der Waals surface area contributed by atoms with Crippen LogP contribution in [0.4, 0.5) is 0 Å². The molecule has 0 aliphatic carbocycles. The predicted octanol–water partition coefficient (Wildman–Crippen LogP) is 3.22. The predicted molar refractivity (Wildman–Crippen MR) is 56.0 cm³/mol. The normalized spacial score (nSPS) is 9.62. The molecule has 0 saturated carbocycles. The van der Waals surface area contributed by atoms with Gasteiger partial charge < -0.3 is 0 Å². The summed E-state index contributed by atoms with van der Waals surface area (Å²) in [6.07, 6.45) is 9.69. The van der Waals surface area contributed by atoms with Gasteiger partial charge in [0.25, 0.3) is 0 Å². The maximum absolute atomic E-state index is 6.81. The second-order valence-electron chi connectivity index (χ2n) is 3.46. The summed E-state index contributed by atoms with van der Waals surface area (Å²) in [6, 6.07) is 6.54. The summed E-state index contributed by atoms with van der Waals surface area (Å²) in [5.74, 6) is 2.42. The Bertz CT molecular complexity index is 315. The molecule has 0 unspecified atom stereocenters. The van der Waals surface area contributed by atoms with Gasteiger partial charge in [-0.3, -0.25) is 0 Å². The van der Waals surface area contributed by atoms with E-state index in [1.54, 1.807) is 0 Å². The van der Waals surface area contributed by atoms with E-state index in [0.717, 1.165) is 19.3 Å². The first-order chi connectivity index (χ1) is 6.24. The van der Waals surface area contributed by atoms with Gasteiger partial charge in [-0.2, -0.15) is 0 Å². The fraction of sp³-hybridized carbons (Fsp3) is 0.385. The minimum atomic E-state index is 0.771. The van der Waals surface area contributed by atoms with Crippen molar-refractivity contribution in [2.24, 2.45) is 0 Å². The molecule has 1 aromatic rings. The van der Waals surface area contributed by atoms with Crippen LogP contribution in [0.1, 0.15) is 29.5 Å². The molecular formula is C13H15. The Morgan fingerprint density at radius 1 is 1.31 bits per heavy atom. The number of aryl methyl sites for hydroxylation is 3. The van der Waals surface area contributed by atoms with Crippen LogP contribution in [0.3, 0.4) is 0 Å². The molecule has 1 radical (unpaired) electrons. The van der Waals surface area contributed by atoms with Crippen molar-refractivity contribution < 1.29 is 0 Å². The molecule has 1 rings (SSSR count). The fourth-order valence-electron chi connectivity index (χ4n) is 1.44. The first kappa shape index (κ1) is 9.86. The summed E-state index contributed by atoms with van der Waals surface area (Å²) in [4.78, 5) is 0. The summed E-state index contributed by atoms with van der Waals surface area (Å²) in [5.41, 5.74) is 4.09. The van der Waals surface area contributed by atoms with Crippen LogP contribution >= 0.6 is 0 Å². The van der Waals surface area contributed by atoms with E-state index in [0.29, 0.717) is 0 Å². The molecule has 13 heavy (non-hydrogen) atoms. The lowest BCUT2D eigenvalue weighted by Gasteiger charge is -2.05. The van der Waals surface area contributed by atoms with Crippen molar-refractivity contribution in [3.8, 4) is 5.92 Å². The van der Waals surface area contributed by atoms with Crippen molar-refractivity contribution in [2.45, 2.75) is 33.1 Å². The molecule has 0 fully saturated rings. The largest absolute Gasteiger partial charge is 0.0891 e. The van der Waals surface area contributed by atoms with Gasteiger partial charge in [0.1, 0.15) is 0 Å². The lowest BCUT2D eigenvalue weighted by atomic mass is 10.0. The maximum atomic E-state index is 6.81. The molecule has 0 amide bonds. The monoisotopic (exact) mass is 171 g/mol.